The van der Waals surface area contributed by atoms with Crippen LogP contribution in [0.3, 0.4) is 0 Å². The molecule has 1 aliphatic carbocycles. The number of rotatable bonds is 6. The molecular weight excluding hydrogens is 468 g/mol. The number of methoxy groups -OCH3 is 1. The Hall–Kier alpha value is -2.82. The summed E-state index contributed by atoms with van der Waals surface area (Å²) >= 11 is 6.18. The Labute approximate surface area is 219 Å². The summed E-state index contributed by atoms with van der Waals surface area (Å²) in [6.45, 7) is 2.02. The second kappa shape index (κ2) is 11.5. The number of carbonyl (C=O) groups excluding carboxylic acids is 1. The Bertz CT molecular complexity index is 1140. The molecule has 5 heteroatoms. The van der Waals surface area contributed by atoms with Gasteiger partial charge in [-0.2, -0.15) is 0 Å². The third-order valence-corrected chi connectivity index (χ3v) is 8.18. The van der Waals surface area contributed by atoms with E-state index >= 15 is 0 Å². The Morgan fingerprint density at radius 1 is 0.889 bits per heavy atom. The maximum Gasteiger partial charge on any atom is 0.258 e. The maximum absolute atomic E-state index is 13.8. The fourth-order valence-electron chi connectivity index (χ4n) is 6.10. The Kier molecular flexibility index (Phi) is 7.93. The minimum Gasteiger partial charge on any atom is -0.497 e. The van der Waals surface area contributed by atoms with Crippen LogP contribution in [0.4, 0.5) is 5.69 Å². The number of piperidine rings is 1. The van der Waals surface area contributed by atoms with Crippen molar-refractivity contribution in [2.24, 2.45) is 0 Å². The van der Waals surface area contributed by atoms with Crippen molar-refractivity contribution >= 4 is 23.2 Å². The van der Waals surface area contributed by atoms with Crippen LogP contribution in [0.25, 0.3) is 0 Å². The summed E-state index contributed by atoms with van der Waals surface area (Å²) in [5, 5.41) is 0.673. The third-order valence-electron chi connectivity index (χ3n) is 7.93. The summed E-state index contributed by atoms with van der Waals surface area (Å²) in [5.74, 6) is 1.30. The molecule has 1 amide bonds. The minimum atomic E-state index is 0.00880. The number of nitrogens with zero attached hydrogens (tertiary/aromatic N) is 2. The van der Waals surface area contributed by atoms with Gasteiger partial charge in [0, 0.05) is 41.4 Å². The monoisotopic (exact) mass is 502 g/mol. The van der Waals surface area contributed by atoms with Crippen molar-refractivity contribution in [1.29, 1.82) is 0 Å². The summed E-state index contributed by atoms with van der Waals surface area (Å²) in [6, 6.07) is 26.8. The number of amides is 1. The Balaban J connectivity index is 1.35. The summed E-state index contributed by atoms with van der Waals surface area (Å²) in [7, 11) is 1.63. The smallest absolute Gasteiger partial charge is 0.258 e. The molecule has 1 heterocycles. The molecule has 0 spiro atoms. The van der Waals surface area contributed by atoms with E-state index in [-0.39, 0.29) is 11.9 Å². The average Bonchev–Trinajstić information content (AvgIpc) is 2.95. The van der Waals surface area contributed by atoms with Crippen LogP contribution in [0.2, 0.25) is 5.02 Å². The van der Waals surface area contributed by atoms with Crippen molar-refractivity contribution < 1.29 is 9.53 Å². The lowest BCUT2D eigenvalue weighted by Gasteiger charge is -2.45. The van der Waals surface area contributed by atoms with Gasteiger partial charge in [0.2, 0.25) is 0 Å². The maximum atomic E-state index is 13.8. The van der Waals surface area contributed by atoms with Gasteiger partial charge in [-0.05, 0) is 79.6 Å². The molecule has 0 bridgehead atoms. The number of halogens is 1. The normalized spacial score (nSPS) is 21.2. The summed E-state index contributed by atoms with van der Waals surface area (Å²) in [4.78, 5) is 18.5. The van der Waals surface area contributed by atoms with Crippen LogP contribution in [0.15, 0.2) is 78.9 Å². The first-order valence-corrected chi connectivity index (χ1v) is 13.5. The predicted octanol–water partition coefficient (Wildman–Crippen LogP) is 7.19. The molecule has 0 unspecified atom stereocenters. The molecule has 3 aromatic carbocycles. The Morgan fingerprint density at radius 3 is 2.33 bits per heavy atom. The lowest BCUT2D eigenvalue weighted by molar-refractivity contribution is 0.0895. The van der Waals surface area contributed by atoms with Gasteiger partial charge in [-0.1, -0.05) is 60.8 Å². The van der Waals surface area contributed by atoms with Crippen molar-refractivity contribution in [3.05, 3.63) is 95.0 Å². The number of ether oxygens (including phenoxy) is 1. The summed E-state index contributed by atoms with van der Waals surface area (Å²) in [6.07, 6.45) is 7.05. The third kappa shape index (κ3) is 5.45. The number of likely N-dealkylation sites (tertiary alicyclic amines) is 1. The minimum absolute atomic E-state index is 0.00880. The summed E-state index contributed by atoms with van der Waals surface area (Å²) in [5.41, 5.74) is 3.01. The molecule has 188 valence electrons. The molecule has 2 fully saturated rings. The van der Waals surface area contributed by atoms with Crippen molar-refractivity contribution in [3.63, 3.8) is 0 Å². The fraction of sp³-hybridized carbons (Fsp3) is 0.387. The first-order valence-electron chi connectivity index (χ1n) is 13.2. The first kappa shape index (κ1) is 24.9. The van der Waals surface area contributed by atoms with Crippen LogP contribution in [0.1, 0.15) is 60.4 Å². The van der Waals surface area contributed by atoms with Gasteiger partial charge in [-0.15, -0.1) is 0 Å². The number of hydrogen-bond donors (Lipinski definition) is 0. The number of anilines is 1. The van der Waals surface area contributed by atoms with Crippen LogP contribution < -0.4 is 9.64 Å². The quantitative estimate of drug-likeness (QED) is 0.357. The fourth-order valence-corrected chi connectivity index (χ4v) is 6.23. The van der Waals surface area contributed by atoms with Gasteiger partial charge in [0.05, 0.1) is 7.11 Å². The van der Waals surface area contributed by atoms with Gasteiger partial charge in [-0.3, -0.25) is 9.69 Å². The molecule has 2 atom stereocenters. The van der Waals surface area contributed by atoms with Gasteiger partial charge in [0.25, 0.3) is 5.91 Å². The predicted molar refractivity (Wildman–Crippen MR) is 147 cm³/mol. The molecule has 1 saturated carbocycles. The average molecular weight is 503 g/mol. The van der Waals surface area contributed by atoms with Crippen molar-refractivity contribution in [2.45, 2.75) is 56.5 Å². The second-order valence-corrected chi connectivity index (χ2v) is 10.5. The highest BCUT2D eigenvalue weighted by Crippen LogP contribution is 2.38. The van der Waals surface area contributed by atoms with Crippen molar-refractivity contribution in [1.82, 2.24) is 4.90 Å². The number of carbonyl (C=O) groups is 1. The number of hydrogen-bond acceptors (Lipinski definition) is 3. The SMILES string of the molecule is COc1cccc(C(=O)N(c2ccc(Cl)cc2)C2CCN([C@@H]3CCCC[C@@H]3c3ccccc3)CC2)c1. The molecule has 2 aliphatic rings. The molecule has 36 heavy (non-hydrogen) atoms. The van der Waals surface area contributed by atoms with Gasteiger partial charge >= 0.3 is 0 Å². The zero-order valence-corrected chi connectivity index (χ0v) is 21.7. The van der Waals surface area contributed by atoms with E-state index in [4.69, 9.17) is 16.3 Å². The molecule has 0 aromatic heterocycles. The first-order chi connectivity index (χ1) is 17.6. The van der Waals surface area contributed by atoms with Gasteiger partial charge in [-0.25, -0.2) is 0 Å². The van der Waals surface area contributed by atoms with Gasteiger partial charge < -0.3 is 9.64 Å². The van der Waals surface area contributed by atoms with E-state index in [0.29, 0.717) is 28.3 Å². The highest BCUT2D eigenvalue weighted by Gasteiger charge is 2.36. The van der Waals surface area contributed by atoms with E-state index < -0.39 is 0 Å². The van der Waals surface area contributed by atoms with Crippen molar-refractivity contribution in [3.8, 4) is 5.75 Å². The van der Waals surface area contributed by atoms with Crippen LogP contribution in [-0.4, -0.2) is 43.1 Å². The lowest BCUT2D eigenvalue weighted by atomic mass is 9.78. The van der Waals surface area contributed by atoms with E-state index in [1.807, 2.05) is 53.4 Å². The second-order valence-electron chi connectivity index (χ2n) is 10.0. The summed E-state index contributed by atoms with van der Waals surface area (Å²) < 4.78 is 5.38. The van der Waals surface area contributed by atoms with E-state index in [1.54, 1.807) is 7.11 Å². The van der Waals surface area contributed by atoms with Gasteiger partial charge in [0.1, 0.15) is 5.75 Å². The lowest BCUT2D eigenvalue weighted by Crippen LogP contribution is -2.51. The van der Waals surface area contributed by atoms with E-state index in [9.17, 15) is 4.79 Å². The number of benzene rings is 3. The van der Waals surface area contributed by atoms with Crippen molar-refractivity contribution in [2.75, 3.05) is 25.1 Å². The molecule has 0 N–H and O–H groups in total. The Morgan fingerprint density at radius 2 is 1.61 bits per heavy atom. The molecule has 1 saturated heterocycles. The van der Waals surface area contributed by atoms with Crippen LogP contribution in [0, 0.1) is 0 Å². The molecular formula is C31H35ClN2O2. The highest BCUT2D eigenvalue weighted by molar-refractivity contribution is 6.30. The molecule has 3 aromatic rings. The van der Waals surface area contributed by atoms with Gasteiger partial charge in [0.15, 0.2) is 0 Å². The van der Waals surface area contributed by atoms with Crippen LogP contribution in [-0.2, 0) is 0 Å². The van der Waals surface area contributed by atoms with E-state index in [1.165, 1.54) is 31.2 Å². The topological polar surface area (TPSA) is 32.8 Å². The molecule has 0 radical (unpaired) electrons. The highest BCUT2D eigenvalue weighted by atomic mass is 35.5. The van der Waals surface area contributed by atoms with Crippen LogP contribution in [0.5, 0.6) is 5.75 Å². The van der Waals surface area contributed by atoms with Crippen LogP contribution >= 0.6 is 11.6 Å². The molecule has 1 aliphatic heterocycles. The van der Waals surface area contributed by atoms with E-state index in [2.05, 4.69) is 35.2 Å². The standard InChI is InChI=1S/C31H35ClN2O2/c1-36-28-11-7-10-24(22-28)31(35)34(26-16-14-25(32)15-17-26)27-18-20-33(21-19-27)30-13-6-5-12-29(30)23-8-3-2-4-9-23/h2-4,7-11,14-17,22,27,29-30H,5-6,12-13,18-21H2,1H3/t29-,30-/m1/s1. The largest absolute Gasteiger partial charge is 0.497 e. The zero-order chi connectivity index (χ0) is 24.9. The molecule has 5 rings (SSSR count). The van der Waals surface area contributed by atoms with E-state index in [0.717, 1.165) is 31.6 Å². The molecule has 4 nitrogen and oxygen atoms in total. The zero-order valence-electron chi connectivity index (χ0n) is 21.0.